The van der Waals surface area contributed by atoms with Crippen LogP contribution >= 0.6 is 11.3 Å². The van der Waals surface area contributed by atoms with Crippen molar-refractivity contribution in [3.63, 3.8) is 0 Å². The highest BCUT2D eigenvalue weighted by Gasteiger charge is 2.23. The predicted octanol–water partition coefficient (Wildman–Crippen LogP) is 1.74. The summed E-state index contributed by atoms with van der Waals surface area (Å²) in [4.78, 5) is 28.7. The van der Waals surface area contributed by atoms with E-state index in [1.807, 2.05) is 11.6 Å². The lowest BCUT2D eigenvalue weighted by Gasteiger charge is -2.33. The van der Waals surface area contributed by atoms with Gasteiger partial charge in [0.2, 0.25) is 0 Å². The molecule has 0 bridgehead atoms. The molecule has 8 heteroatoms. The van der Waals surface area contributed by atoms with Crippen molar-refractivity contribution in [3.05, 3.63) is 35.9 Å². The van der Waals surface area contributed by atoms with Gasteiger partial charge < -0.3 is 15.1 Å². The molecule has 2 aromatic rings. The van der Waals surface area contributed by atoms with E-state index in [1.54, 1.807) is 41.9 Å². The van der Waals surface area contributed by atoms with Crippen LogP contribution in [0.5, 0.6) is 0 Å². The van der Waals surface area contributed by atoms with Gasteiger partial charge in [0.15, 0.2) is 5.13 Å². The van der Waals surface area contributed by atoms with Crippen LogP contribution in [0.4, 0.5) is 9.93 Å². The third kappa shape index (κ3) is 4.16. The van der Waals surface area contributed by atoms with E-state index >= 15 is 0 Å². The number of nitrogens with one attached hydrogen (secondary N) is 1. The number of hydrogen-bond acceptors (Lipinski definition) is 6. The van der Waals surface area contributed by atoms with E-state index in [9.17, 15) is 4.79 Å². The van der Waals surface area contributed by atoms with Crippen LogP contribution in [-0.4, -0.2) is 52.1 Å². The molecule has 3 heterocycles. The zero-order valence-electron chi connectivity index (χ0n) is 13.1. The molecule has 0 saturated carbocycles. The highest BCUT2D eigenvalue weighted by molar-refractivity contribution is 7.13. The summed E-state index contributed by atoms with van der Waals surface area (Å²) in [6.45, 7) is 2.30. The van der Waals surface area contributed by atoms with Crippen LogP contribution in [0.1, 0.15) is 18.5 Å². The molecule has 0 spiro atoms. The Morgan fingerprint density at radius 1 is 1.35 bits per heavy atom. The molecule has 2 amide bonds. The largest absolute Gasteiger partial charge is 0.348 e. The third-order valence-corrected chi connectivity index (χ3v) is 4.71. The summed E-state index contributed by atoms with van der Waals surface area (Å²) in [7, 11) is 1.77. The van der Waals surface area contributed by atoms with Crippen molar-refractivity contribution >= 4 is 22.5 Å². The van der Waals surface area contributed by atoms with E-state index in [-0.39, 0.29) is 12.1 Å². The molecule has 0 radical (unpaired) electrons. The molecule has 23 heavy (non-hydrogen) atoms. The average molecular weight is 332 g/mol. The topological polar surface area (TPSA) is 74.2 Å². The van der Waals surface area contributed by atoms with Crippen LogP contribution in [0.2, 0.25) is 0 Å². The lowest BCUT2D eigenvalue weighted by molar-refractivity contribution is 0.199. The third-order valence-electron chi connectivity index (χ3n) is 3.87. The minimum absolute atomic E-state index is 0.0663. The first-order valence-electron chi connectivity index (χ1n) is 7.63. The molecule has 3 rings (SSSR count). The Morgan fingerprint density at radius 2 is 2.17 bits per heavy atom. The summed E-state index contributed by atoms with van der Waals surface area (Å²) in [6, 6.07) is 0.145. The second kappa shape index (κ2) is 7.36. The fourth-order valence-corrected chi connectivity index (χ4v) is 3.30. The van der Waals surface area contributed by atoms with Crippen LogP contribution in [0.3, 0.4) is 0 Å². The number of thiazole rings is 1. The van der Waals surface area contributed by atoms with Gasteiger partial charge in [0.1, 0.15) is 0 Å². The first-order chi connectivity index (χ1) is 11.2. The van der Waals surface area contributed by atoms with E-state index in [4.69, 9.17) is 0 Å². The molecule has 2 aromatic heterocycles. The molecule has 122 valence electrons. The van der Waals surface area contributed by atoms with Gasteiger partial charge in [0, 0.05) is 50.1 Å². The maximum Gasteiger partial charge on any atom is 0.317 e. The van der Waals surface area contributed by atoms with Gasteiger partial charge in [0.05, 0.1) is 18.4 Å². The molecule has 0 aliphatic carbocycles. The number of urea groups is 1. The molecule has 7 nitrogen and oxygen atoms in total. The Balaban J connectivity index is 1.45. The second-order valence-electron chi connectivity index (χ2n) is 5.58. The number of carbonyl (C=O) groups excluding carboxylic acids is 1. The van der Waals surface area contributed by atoms with Gasteiger partial charge in [-0.15, -0.1) is 11.3 Å². The van der Waals surface area contributed by atoms with Crippen molar-refractivity contribution in [3.8, 4) is 0 Å². The number of rotatable bonds is 4. The fraction of sp³-hybridized carbons (Fsp3) is 0.467. The Kier molecular flexibility index (Phi) is 5.02. The molecule has 1 N–H and O–H groups in total. The highest BCUT2D eigenvalue weighted by Crippen LogP contribution is 2.22. The summed E-state index contributed by atoms with van der Waals surface area (Å²) in [5.74, 6) is 0. The van der Waals surface area contributed by atoms with E-state index in [0.717, 1.165) is 36.8 Å². The van der Waals surface area contributed by atoms with Crippen LogP contribution in [0, 0.1) is 0 Å². The van der Waals surface area contributed by atoms with E-state index in [2.05, 4.69) is 25.2 Å². The molecular formula is C15H20N6OS. The number of anilines is 1. The Hall–Kier alpha value is -2.22. The van der Waals surface area contributed by atoms with E-state index in [0.29, 0.717) is 6.54 Å². The number of amides is 2. The van der Waals surface area contributed by atoms with Crippen molar-refractivity contribution in [1.82, 2.24) is 25.2 Å². The lowest BCUT2D eigenvalue weighted by Crippen LogP contribution is -2.48. The number of nitrogens with zero attached hydrogens (tertiary/aromatic N) is 5. The molecule has 1 saturated heterocycles. The Bertz CT molecular complexity index is 612. The molecule has 1 fully saturated rings. The second-order valence-corrected chi connectivity index (χ2v) is 6.45. The van der Waals surface area contributed by atoms with Crippen molar-refractivity contribution in [2.75, 3.05) is 25.0 Å². The van der Waals surface area contributed by atoms with Crippen LogP contribution in [0.25, 0.3) is 0 Å². The van der Waals surface area contributed by atoms with Gasteiger partial charge in [-0.2, -0.15) is 0 Å². The molecule has 0 atom stereocenters. The van der Waals surface area contributed by atoms with Crippen LogP contribution in [0.15, 0.2) is 30.2 Å². The van der Waals surface area contributed by atoms with Crippen molar-refractivity contribution in [2.45, 2.75) is 25.4 Å². The van der Waals surface area contributed by atoms with Gasteiger partial charge >= 0.3 is 6.03 Å². The number of aromatic nitrogens is 3. The molecule has 0 unspecified atom stereocenters. The number of piperidine rings is 1. The van der Waals surface area contributed by atoms with Gasteiger partial charge in [-0.25, -0.2) is 9.78 Å². The van der Waals surface area contributed by atoms with Crippen molar-refractivity contribution < 1.29 is 4.79 Å². The molecule has 1 aliphatic rings. The minimum atomic E-state index is -0.0663. The van der Waals surface area contributed by atoms with Crippen molar-refractivity contribution in [2.24, 2.45) is 0 Å². The van der Waals surface area contributed by atoms with Crippen molar-refractivity contribution in [1.29, 1.82) is 0 Å². The zero-order valence-corrected chi connectivity index (χ0v) is 13.9. The summed E-state index contributed by atoms with van der Waals surface area (Å²) in [6.07, 6.45) is 8.63. The quantitative estimate of drug-likeness (QED) is 0.923. The number of hydrogen-bond donors (Lipinski definition) is 1. The summed E-state index contributed by atoms with van der Waals surface area (Å²) >= 11 is 1.66. The summed E-state index contributed by atoms with van der Waals surface area (Å²) in [5.41, 5.74) is 0.781. The van der Waals surface area contributed by atoms with Gasteiger partial charge in [0.25, 0.3) is 0 Å². The summed E-state index contributed by atoms with van der Waals surface area (Å²) in [5, 5.41) is 6.15. The van der Waals surface area contributed by atoms with Gasteiger partial charge in [-0.05, 0) is 12.8 Å². The molecular weight excluding hydrogens is 312 g/mol. The smallest absolute Gasteiger partial charge is 0.317 e. The maximum absolute atomic E-state index is 12.3. The lowest BCUT2D eigenvalue weighted by atomic mass is 10.1. The van der Waals surface area contributed by atoms with Gasteiger partial charge in [-0.3, -0.25) is 9.97 Å². The first kappa shape index (κ1) is 15.7. The van der Waals surface area contributed by atoms with Gasteiger partial charge in [-0.1, -0.05) is 0 Å². The molecule has 0 aromatic carbocycles. The number of carbonyl (C=O) groups is 1. The minimum Gasteiger partial charge on any atom is -0.348 e. The van der Waals surface area contributed by atoms with Crippen LogP contribution < -0.4 is 10.2 Å². The highest BCUT2D eigenvalue weighted by atomic mass is 32.1. The first-order valence-corrected chi connectivity index (χ1v) is 8.51. The Labute approximate surface area is 139 Å². The maximum atomic E-state index is 12.3. The van der Waals surface area contributed by atoms with E-state index < -0.39 is 0 Å². The fourth-order valence-electron chi connectivity index (χ4n) is 2.60. The monoisotopic (exact) mass is 332 g/mol. The predicted molar refractivity (Wildman–Crippen MR) is 89.4 cm³/mol. The normalized spacial score (nSPS) is 15.4. The average Bonchev–Trinajstić information content (AvgIpc) is 3.11. The van der Waals surface area contributed by atoms with Crippen LogP contribution in [-0.2, 0) is 6.54 Å². The zero-order chi connectivity index (χ0) is 16.1. The summed E-state index contributed by atoms with van der Waals surface area (Å²) < 4.78 is 0. The standard InChI is InChI=1S/C15H20N6OS/c1-20(11-13-10-16-4-5-17-13)14(22)19-12-2-7-21(8-3-12)15-18-6-9-23-15/h4-6,9-10,12H,2-3,7-8,11H2,1H3,(H,19,22). The Morgan fingerprint density at radius 3 is 2.83 bits per heavy atom. The molecule has 1 aliphatic heterocycles. The van der Waals surface area contributed by atoms with E-state index in [1.165, 1.54) is 0 Å². The SMILES string of the molecule is CN(Cc1cnccn1)C(=O)NC1CCN(c2nccs2)CC1.